The van der Waals surface area contributed by atoms with Crippen LogP contribution in [0.4, 0.5) is 0 Å². The van der Waals surface area contributed by atoms with E-state index in [2.05, 4.69) is 4.90 Å². The summed E-state index contributed by atoms with van der Waals surface area (Å²) in [6.07, 6.45) is 4.68. The van der Waals surface area contributed by atoms with Gasteiger partial charge in [-0.05, 0) is 51.2 Å². The van der Waals surface area contributed by atoms with E-state index in [4.69, 9.17) is 5.73 Å². The summed E-state index contributed by atoms with van der Waals surface area (Å²) in [5, 5.41) is 0. The molecule has 2 N–H and O–H groups in total. The predicted molar refractivity (Wildman–Crippen MR) is 71.3 cm³/mol. The van der Waals surface area contributed by atoms with Crippen LogP contribution in [0.5, 0.6) is 0 Å². The van der Waals surface area contributed by atoms with Crippen LogP contribution in [-0.2, 0) is 4.79 Å². The number of piperidine rings is 1. The van der Waals surface area contributed by atoms with Crippen LogP contribution in [0.3, 0.4) is 0 Å². The van der Waals surface area contributed by atoms with Gasteiger partial charge < -0.3 is 10.6 Å². The molecule has 2 rings (SSSR count). The first-order valence-electron chi connectivity index (χ1n) is 6.38. The summed E-state index contributed by atoms with van der Waals surface area (Å²) in [6.45, 7) is 3.46. The van der Waals surface area contributed by atoms with Crippen LogP contribution in [0, 0.1) is 5.92 Å². The van der Waals surface area contributed by atoms with Crippen LogP contribution < -0.4 is 5.73 Å². The summed E-state index contributed by atoms with van der Waals surface area (Å²) in [7, 11) is 1.94. The third-order valence-electron chi connectivity index (χ3n) is 3.89. The van der Waals surface area contributed by atoms with Crippen molar-refractivity contribution in [2.45, 2.75) is 31.7 Å². The molecular formula is C12H24ClN3O. The monoisotopic (exact) mass is 261 g/mol. The maximum atomic E-state index is 11.9. The van der Waals surface area contributed by atoms with Gasteiger partial charge in [-0.15, -0.1) is 12.4 Å². The number of carbonyl (C=O) groups excluding carboxylic acids is 1. The quantitative estimate of drug-likeness (QED) is 0.811. The summed E-state index contributed by atoms with van der Waals surface area (Å²) >= 11 is 0. The fourth-order valence-corrected chi connectivity index (χ4v) is 2.35. The van der Waals surface area contributed by atoms with Gasteiger partial charge in [0.05, 0.1) is 6.54 Å². The van der Waals surface area contributed by atoms with Gasteiger partial charge in [0, 0.05) is 13.1 Å². The second kappa shape index (κ2) is 6.57. The standard InChI is InChI=1S/C12H23N3O.ClH/c1-14(11-2-3-11)12(16)9-15-6-4-10(8-13)5-7-15;/h10-11H,2-9,13H2,1H3;1H. The molecule has 1 saturated heterocycles. The number of hydrogen-bond acceptors (Lipinski definition) is 3. The van der Waals surface area contributed by atoms with Crippen molar-refractivity contribution >= 4 is 18.3 Å². The minimum absolute atomic E-state index is 0. The molecule has 0 unspecified atom stereocenters. The number of nitrogens with two attached hydrogens (primary N) is 1. The van der Waals surface area contributed by atoms with Crippen LogP contribution >= 0.6 is 12.4 Å². The number of halogens is 1. The number of rotatable bonds is 4. The lowest BCUT2D eigenvalue weighted by Crippen LogP contribution is -2.43. The number of likely N-dealkylation sites (N-methyl/N-ethyl adjacent to an activating group) is 1. The van der Waals surface area contributed by atoms with Crippen LogP contribution in [0.1, 0.15) is 25.7 Å². The Morgan fingerprint density at radius 1 is 1.29 bits per heavy atom. The Hall–Kier alpha value is -0.320. The van der Waals surface area contributed by atoms with Crippen molar-refractivity contribution in [3.05, 3.63) is 0 Å². The van der Waals surface area contributed by atoms with Gasteiger partial charge in [-0.25, -0.2) is 0 Å². The molecule has 1 aliphatic carbocycles. The van der Waals surface area contributed by atoms with E-state index >= 15 is 0 Å². The number of hydrogen-bond donors (Lipinski definition) is 1. The molecule has 1 saturated carbocycles. The smallest absolute Gasteiger partial charge is 0.236 e. The van der Waals surface area contributed by atoms with E-state index in [9.17, 15) is 4.79 Å². The van der Waals surface area contributed by atoms with Gasteiger partial charge in [0.2, 0.25) is 5.91 Å². The molecule has 2 fully saturated rings. The Kier molecular flexibility index (Phi) is 5.70. The maximum Gasteiger partial charge on any atom is 0.236 e. The number of carbonyl (C=O) groups is 1. The number of nitrogens with zero attached hydrogens (tertiary/aromatic N) is 2. The van der Waals surface area contributed by atoms with Crippen LogP contribution in [0.2, 0.25) is 0 Å². The second-order valence-electron chi connectivity index (χ2n) is 5.19. The molecule has 4 nitrogen and oxygen atoms in total. The lowest BCUT2D eigenvalue weighted by Gasteiger charge is -2.31. The van der Waals surface area contributed by atoms with E-state index in [0.29, 0.717) is 18.5 Å². The van der Waals surface area contributed by atoms with Crippen molar-refractivity contribution in [3.8, 4) is 0 Å². The van der Waals surface area contributed by atoms with Gasteiger partial charge in [-0.3, -0.25) is 9.69 Å². The summed E-state index contributed by atoms with van der Waals surface area (Å²) in [5.41, 5.74) is 5.65. The van der Waals surface area contributed by atoms with Gasteiger partial charge in [0.1, 0.15) is 0 Å². The first-order valence-corrected chi connectivity index (χ1v) is 6.38. The van der Waals surface area contributed by atoms with E-state index in [-0.39, 0.29) is 18.3 Å². The Labute approximate surface area is 110 Å². The highest BCUT2D eigenvalue weighted by atomic mass is 35.5. The Morgan fingerprint density at radius 3 is 2.35 bits per heavy atom. The first-order chi connectivity index (χ1) is 7.70. The lowest BCUT2D eigenvalue weighted by molar-refractivity contribution is -0.131. The SMILES string of the molecule is CN(C(=O)CN1CCC(CN)CC1)C1CC1.Cl. The average Bonchev–Trinajstić information content (AvgIpc) is 3.13. The molecule has 5 heteroatoms. The van der Waals surface area contributed by atoms with Crippen molar-refractivity contribution in [1.29, 1.82) is 0 Å². The second-order valence-corrected chi connectivity index (χ2v) is 5.19. The molecule has 1 heterocycles. The number of likely N-dealkylation sites (tertiary alicyclic amines) is 1. The average molecular weight is 262 g/mol. The van der Waals surface area contributed by atoms with Crippen molar-refractivity contribution in [3.63, 3.8) is 0 Å². The highest BCUT2D eigenvalue weighted by molar-refractivity contribution is 5.85. The van der Waals surface area contributed by atoms with E-state index in [1.165, 1.54) is 12.8 Å². The Bertz CT molecular complexity index is 250. The van der Waals surface area contributed by atoms with Gasteiger partial charge in [-0.2, -0.15) is 0 Å². The zero-order valence-electron chi connectivity index (χ0n) is 10.6. The van der Waals surface area contributed by atoms with E-state index < -0.39 is 0 Å². The predicted octanol–water partition coefficient (Wildman–Crippen LogP) is 0.700. The van der Waals surface area contributed by atoms with Crippen LogP contribution in [0.25, 0.3) is 0 Å². The third kappa shape index (κ3) is 4.12. The fourth-order valence-electron chi connectivity index (χ4n) is 2.35. The molecule has 0 radical (unpaired) electrons. The van der Waals surface area contributed by atoms with Crippen molar-refractivity contribution in [2.75, 3.05) is 33.2 Å². The Morgan fingerprint density at radius 2 is 1.88 bits per heavy atom. The zero-order valence-corrected chi connectivity index (χ0v) is 11.4. The molecule has 17 heavy (non-hydrogen) atoms. The minimum atomic E-state index is 0. The normalized spacial score (nSPS) is 22.0. The van der Waals surface area contributed by atoms with E-state index in [1.54, 1.807) is 0 Å². The fraction of sp³-hybridized carbons (Fsp3) is 0.917. The third-order valence-corrected chi connectivity index (χ3v) is 3.89. The molecule has 0 aromatic carbocycles. The molecule has 0 aromatic heterocycles. The topological polar surface area (TPSA) is 49.6 Å². The summed E-state index contributed by atoms with van der Waals surface area (Å²) < 4.78 is 0. The molecule has 1 aliphatic heterocycles. The van der Waals surface area contributed by atoms with Crippen molar-refractivity contribution in [2.24, 2.45) is 11.7 Å². The van der Waals surface area contributed by atoms with Crippen molar-refractivity contribution < 1.29 is 4.79 Å². The molecular weight excluding hydrogens is 238 g/mol. The molecule has 1 amide bonds. The molecule has 0 spiro atoms. The summed E-state index contributed by atoms with van der Waals surface area (Å²) in [4.78, 5) is 16.1. The molecule has 100 valence electrons. The molecule has 0 aromatic rings. The zero-order chi connectivity index (χ0) is 11.5. The van der Waals surface area contributed by atoms with Crippen LogP contribution in [-0.4, -0.2) is 55.0 Å². The van der Waals surface area contributed by atoms with E-state index in [1.807, 2.05) is 11.9 Å². The van der Waals surface area contributed by atoms with E-state index in [0.717, 1.165) is 32.5 Å². The molecule has 0 atom stereocenters. The van der Waals surface area contributed by atoms with Gasteiger partial charge >= 0.3 is 0 Å². The lowest BCUT2D eigenvalue weighted by atomic mass is 9.97. The highest BCUT2D eigenvalue weighted by Gasteiger charge is 2.30. The summed E-state index contributed by atoms with van der Waals surface area (Å²) in [6, 6.07) is 0.536. The Balaban J connectivity index is 0.00000144. The van der Waals surface area contributed by atoms with Gasteiger partial charge in [0.15, 0.2) is 0 Å². The first kappa shape index (κ1) is 14.7. The number of amides is 1. The minimum Gasteiger partial charge on any atom is -0.342 e. The molecule has 2 aliphatic rings. The maximum absolute atomic E-state index is 11.9. The largest absolute Gasteiger partial charge is 0.342 e. The van der Waals surface area contributed by atoms with Crippen LogP contribution in [0.15, 0.2) is 0 Å². The highest BCUT2D eigenvalue weighted by Crippen LogP contribution is 2.25. The summed E-state index contributed by atoms with van der Waals surface area (Å²) in [5.74, 6) is 0.959. The molecule has 0 bridgehead atoms. The van der Waals surface area contributed by atoms with Gasteiger partial charge in [0.25, 0.3) is 0 Å². The van der Waals surface area contributed by atoms with Crippen molar-refractivity contribution in [1.82, 2.24) is 9.80 Å². The van der Waals surface area contributed by atoms with Gasteiger partial charge in [-0.1, -0.05) is 0 Å².